The van der Waals surface area contributed by atoms with Gasteiger partial charge in [-0.15, -0.1) is 0 Å². The van der Waals surface area contributed by atoms with Crippen LogP contribution in [0.5, 0.6) is 5.75 Å². The molecule has 1 atom stereocenters. The summed E-state index contributed by atoms with van der Waals surface area (Å²) < 4.78 is 6.77. The normalized spacial score (nSPS) is 12.2. The van der Waals surface area contributed by atoms with Crippen LogP contribution in [0.4, 0.5) is 0 Å². The topological polar surface area (TPSA) is 21.3 Å². The van der Waals surface area contributed by atoms with Crippen LogP contribution in [0.25, 0.3) is 0 Å². The molecular weight excluding hydrogens is 326 g/mol. The average Bonchev–Trinajstić information content (AvgIpc) is 2.49. The zero-order valence-electron chi connectivity index (χ0n) is 12.8. The van der Waals surface area contributed by atoms with Crippen LogP contribution in [0.3, 0.4) is 0 Å². The predicted molar refractivity (Wildman–Crippen MR) is 92.0 cm³/mol. The van der Waals surface area contributed by atoms with Crippen LogP contribution in [-0.2, 0) is 0 Å². The molecule has 2 nitrogen and oxygen atoms in total. The molecular formula is C18H22BrNO. The van der Waals surface area contributed by atoms with Crippen LogP contribution in [0.1, 0.15) is 36.1 Å². The molecule has 1 N–H and O–H groups in total. The van der Waals surface area contributed by atoms with Crippen LogP contribution < -0.4 is 10.1 Å². The van der Waals surface area contributed by atoms with Crippen molar-refractivity contribution in [3.63, 3.8) is 0 Å². The summed E-state index contributed by atoms with van der Waals surface area (Å²) in [7, 11) is 1.98. The van der Waals surface area contributed by atoms with Crippen molar-refractivity contribution in [2.45, 2.75) is 26.3 Å². The van der Waals surface area contributed by atoms with Gasteiger partial charge in [0.15, 0.2) is 0 Å². The standard InChI is InChI=1S/C18H22BrNO/c1-4-11-21-15-8-6-14(7-9-15)18(20-3)16-10-5-13(2)12-17(16)19/h5-10,12,18,20H,4,11H2,1-3H3. The Labute approximate surface area is 135 Å². The van der Waals surface area contributed by atoms with Gasteiger partial charge in [-0.25, -0.2) is 0 Å². The summed E-state index contributed by atoms with van der Waals surface area (Å²) in [5.41, 5.74) is 3.72. The molecule has 0 saturated heterocycles. The van der Waals surface area contributed by atoms with Gasteiger partial charge in [-0.05, 0) is 55.3 Å². The maximum absolute atomic E-state index is 5.64. The molecule has 0 radical (unpaired) electrons. The lowest BCUT2D eigenvalue weighted by Crippen LogP contribution is -2.18. The highest BCUT2D eigenvalue weighted by Gasteiger charge is 2.15. The fourth-order valence-electron chi connectivity index (χ4n) is 2.34. The molecule has 112 valence electrons. The van der Waals surface area contributed by atoms with Gasteiger partial charge in [-0.2, -0.15) is 0 Å². The number of halogens is 1. The third kappa shape index (κ3) is 4.08. The van der Waals surface area contributed by atoms with Crippen molar-refractivity contribution in [3.05, 3.63) is 63.6 Å². The first-order valence-corrected chi connectivity index (χ1v) is 8.11. The number of nitrogens with one attached hydrogen (secondary N) is 1. The summed E-state index contributed by atoms with van der Waals surface area (Å²) in [6, 6.07) is 15.0. The number of hydrogen-bond donors (Lipinski definition) is 1. The van der Waals surface area contributed by atoms with Crippen molar-refractivity contribution < 1.29 is 4.74 Å². The van der Waals surface area contributed by atoms with Gasteiger partial charge in [-0.3, -0.25) is 0 Å². The third-order valence-corrected chi connectivity index (χ3v) is 4.13. The highest BCUT2D eigenvalue weighted by molar-refractivity contribution is 9.10. The maximum atomic E-state index is 5.64. The van der Waals surface area contributed by atoms with Gasteiger partial charge in [0.1, 0.15) is 5.75 Å². The van der Waals surface area contributed by atoms with Crippen molar-refractivity contribution in [2.75, 3.05) is 13.7 Å². The molecule has 2 aromatic rings. The Morgan fingerprint density at radius 3 is 2.43 bits per heavy atom. The quantitative estimate of drug-likeness (QED) is 0.805. The van der Waals surface area contributed by atoms with Crippen molar-refractivity contribution >= 4 is 15.9 Å². The van der Waals surface area contributed by atoms with Crippen molar-refractivity contribution in [3.8, 4) is 5.75 Å². The molecule has 3 heteroatoms. The summed E-state index contributed by atoms with van der Waals surface area (Å²) in [4.78, 5) is 0. The van der Waals surface area contributed by atoms with E-state index in [-0.39, 0.29) is 6.04 Å². The molecule has 0 spiro atoms. The van der Waals surface area contributed by atoms with Crippen LogP contribution in [0.15, 0.2) is 46.9 Å². The molecule has 0 aliphatic carbocycles. The first-order valence-electron chi connectivity index (χ1n) is 7.31. The molecule has 0 aliphatic heterocycles. The van der Waals surface area contributed by atoms with Crippen LogP contribution in [-0.4, -0.2) is 13.7 Å². The van der Waals surface area contributed by atoms with Crippen LogP contribution >= 0.6 is 15.9 Å². The fraction of sp³-hybridized carbons (Fsp3) is 0.333. The van der Waals surface area contributed by atoms with Crippen LogP contribution in [0.2, 0.25) is 0 Å². The summed E-state index contributed by atoms with van der Waals surface area (Å²) in [6.45, 7) is 4.97. The Bertz CT molecular complexity index is 580. The van der Waals surface area contributed by atoms with Crippen LogP contribution in [0, 0.1) is 6.92 Å². The first kappa shape index (κ1) is 16.1. The molecule has 0 fully saturated rings. The molecule has 0 saturated carbocycles. The van der Waals surface area contributed by atoms with Gasteiger partial charge in [-0.1, -0.05) is 47.1 Å². The SMILES string of the molecule is CCCOc1ccc(C(NC)c2ccc(C)cc2Br)cc1. The van der Waals surface area contributed by atoms with Gasteiger partial charge >= 0.3 is 0 Å². The van der Waals surface area contributed by atoms with Gasteiger partial charge < -0.3 is 10.1 Å². The van der Waals surface area contributed by atoms with Gasteiger partial charge in [0, 0.05) is 4.47 Å². The molecule has 0 aromatic heterocycles. The van der Waals surface area contributed by atoms with E-state index in [4.69, 9.17) is 4.74 Å². The molecule has 0 amide bonds. The van der Waals surface area contributed by atoms with E-state index in [9.17, 15) is 0 Å². The van der Waals surface area contributed by atoms with E-state index < -0.39 is 0 Å². The van der Waals surface area contributed by atoms with E-state index in [1.807, 2.05) is 19.2 Å². The van der Waals surface area contributed by atoms with E-state index in [0.717, 1.165) is 23.2 Å². The summed E-state index contributed by atoms with van der Waals surface area (Å²) >= 11 is 3.67. The zero-order chi connectivity index (χ0) is 15.2. The Balaban J connectivity index is 2.24. The average molecular weight is 348 g/mol. The molecule has 0 bridgehead atoms. The van der Waals surface area contributed by atoms with E-state index in [1.54, 1.807) is 0 Å². The highest BCUT2D eigenvalue weighted by atomic mass is 79.9. The zero-order valence-corrected chi connectivity index (χ0v) is 14.4. The lowest BCUT2D eigenvalue weighted by atomic mass is 9.98. The van der Waals surface area contributed by atoms with E-state index in [1.165, 1.54) is 16.7 Å². The monoisotopic (exact) mass is 347 g/mol. The molecule has 2 rings (SSSR count). The van der Waals surface area contributed by atoms with E-state index >= 15 is 0 Å². The number of rotatable bonds is 6. The van der Waals surface area contributed by atoms with Gasteiger partial charge in [0.05, 0.1) is 12.6 Å². The number of ether oxygens (including phenoxy) is 1. The van der Waals surface area contributed by atoms with Crippen molar-refractivity contribution in [1.82, 2.24) is 5.32 Å². The lowest BCUT2D eigenvalue weighted by Gasteiger charge is -2.19. The van der Waals surface area contributed by atoms with Crippen molar-refractivity contribution in [1.29, 1.82) is 0 Å². The Morgan fingerprint density at radius 1 is 1.14 bits per heavy atom. The minimum atomic E-state index is 0.167. The lowest BCUT2D eigenvalue weighted by molar-refractivity contribution is 0.317. The Kier molecular flexibility index (Phi) is 5.83. The Hall–Kier alpha value is -1.32. The molecule has 0 heterocycles. The number of benzene rings is 2. The largest absolute Gasteiger partial charge is 0.494 e. The summed E-state index contributed by atoms with van der Waals surface area (Å²) in [6.07, 6.45) is 1.03. The molecule has 2 aromatic carbocycles. The predicted octanol–water partition coefficient (Wildman–Crippen LogP) is 4.86. The van der Waals surface area contributed by atoms with Crippen molar-refractivity contribution in [2.24, 2.45) is 0 Å². The second-order valence-corrected chi connectivity index (χ2v) is 6.02. The third-order valence-electron chi connectivity index (χ3n) is 3.44. The van der Waals surface area contributed by atoms with Gasteiger partial charge in [0.25, 0.3) is 0 Å². The highest BCUT2D eigenvalue weighted by Crippen LogP contribution is 2.30. The first-order chi connectivity index (χ1) is 10.2. The molecule has 1 unspecified atom stereocenters. The second-order valence-electron chi connectivity index (χ2n) is 5.16. The second kappa shape index (κ2) is 7.62. The summed E-state index contributed by atoms with van der Waals surface area (Å²) in [5, 5.41) is 3.39. The smallest absolute Gasteiger partial charge is 0.119 e. The molecule has 21 heavy (non-hydrogen) atoms. The van der Waals surface area contributed by atoms with E-state index in [0.29, 0.717) is 0 Å². The maximum Gasteiger partial charge on any atom is 0.119 e. The minimum absolute atomic E-state index is 0.167. The number of aryl methyl sites for hydroxylation is 1. The Morgan fingerprint density at radius 2 is 1.86 bits per heavy atom. The van der Waals surface area contributed by atoms with Gasteiger partial charge in [0.2, 0.25) is 0 Å². The molecule has 0 aliphatic rings. The fourth-order valence-corrected chi connectivity index (χ4v) is 3.07. The minimum Gasteiger partial charge on any atom is -0.494 e. The number of hydrogen-bond acceptors (Lipinski definition) is 2. The summed E-state index contributed by atoms with van der Waals surface area (Å²) in [5.74, 6) is 0.929. The van der Waals surface area contributed by atoms with E-state index in [2.05, 4.69) is 65.4 Å².